The Bertz CT molecular complexity index is 593. The summed E-state index contributed by atoms with van der Waals surface area (Å²) in [7, 11) is 1.55. The van der Waals surface area contributed by atoms with Crippen molar-refractivity contribution in [3.05, 3.63) is 47.8 Å². The summed E-state index contributed by atoms with van der Waals surface area (Å²) in [6, 6.07) is 6.99. The molecule has 1 N–H and O–H groups in total. The fourth-order valence-electron chi connectivity index (χ4n) is 1.76. The van der Waals surface area contributed by atoms with Gasteiger partial charge in [-0.1, -0.05) is 17.7 Å². The number of methoxy groups -OCH3 is 1. The molecule has 0 saturated carbocycles. The molecule has 0 aliphatic heterocycles. The van der Waals surface area contributed by atoms with Crippen molar-refractivity contribution in [3.8, 4) is 16.9 Å². The minimum atomic E-state index is -0.951. The summed E-state index contributed by atoms with van der Waals surface area (Å²) < 4.78 is 5.10. The molecule has 0 amide bonds. The average molecular weight is 243 g/mol. The Morgan fingerprint density at radius 3 is 2.72 bits per heavy atom. The van der Waals surface area contributed by atoms with E-state index in [1.807, 2.05) is 13.0 Å². The van der Waals surface area contributed by atoms with Crippen LogP contribution in [0.4, 0.5) is 0 Å². The molecule has 0 aliphatic rings. The van der Waals surface area contributed by atoms with Gasteiger partial charge in [-0.3, -0.25) is 4.98 Å². The number of nitrogens with zero attached hydrogens (tertiary/aromatic N) is 1. The molecule has 0 radical (unpaired) electrons. The molecule has 2 aromatic rings. The third-order valence-corrected chi connectivity index (χ3v) is 2.67. The molecule has 4 heteroatoms. The Morgan fingerprint density at radius 1 is 1.28 bits per heavy atom. The molecule has 92 valence electrons. The molecule has 0 bridgehead atoms. The van der Waals surface area contributed by atoms with Gasteiger partial charge in [-0.2, -0.15) is 0 Å². The maximum atomic E-state index is 11.2. The maximum Gasteiger partial charge on any atom is 0.336 e. The zero-order valence-corrected chi connectivity index (χ0v) is 10.2. The minimum Gasteiger partial charge on any atom is -0.495 e. The van der Waals surface area contributed by atoms with E-state index in [0.717, 1.165) is 11.1 Å². The van der Waals surface area contributed by atoms with Crippen LogP contribution in [-0.4, -0.2) is 23.2 Å². The van der Waals surface area contributed by atoms with Gasteiger partial charge in [0.1, 0.15) is 5.75 Å². The van der Waals surface area contributed by atoms with Crippen molar-refractivity contribution in [1.29, 1.82) is 0 Å². The lowest BCUT2D eigenvalue weighted by Crippen LogP contribution is -2.00. The highest BCUT2D eigenvalue weighted by Gasteiger charge is 2.12. The summed E-state index contributed by atoms with van der Waals surface area (Å²) in [4.78, 5) is 15.3. The van der Waals surface area contributed by atoms with Crippen LogP contribution in [0.2, 0.25) is 0 Å². The van der Waals surface area contributed by atoms with Gasteiger partial charge in [0.15, 0.2) is 0 Å². The molecule has 4 nitrogen and oxygen atoms in total. The standard InChI is InChI=1S/C14H13NO3/c1-9-3-4-12(14(16)17)13(5-9)10-6-11(18-2)8-15-7-10/h3-8H,1-2H3,(H,16,17). The first-order chi connectivity index (χ1) is 8.61. The van der Waals surface area contributed by atoms with Crippen LogP contribution >= 0.6 is 0 Å². The van der Waals surface area contributed by atoms with Crippen LogP contribution in [-0.2, 0) is 0 Å². The van der Waals surface area contributed by atoms with Crippen LogP contribution in [0.1, 0.15) is 15.9 Å². The Kier molecular flexibility index (Phi) is 3.28. The van der Waals surface area contributed by atoms with Gasteiger partial charge in [0.05, 0.1) is 18.9 Å². The van der Waals surface area contributed by atoms with E-state index < -0.39 is 5.97 Å². The SMILES string of the molecule is COc1cncc(-c2cc(C)ccc2C(=O)O)c1. The summed E-state index contributed by atoms with van der Waals surface area (Å²) in [5, 5.41) is 9.19. The number of rotatable bonds is 3. The summed E-state index contributed by atoms with van der Waals surface area (Å²) in [6.07, 6.45) is 3.21. The molecule has 2 rings (SSSR count). The van der Waals surface area contributed by atoms with Crippen molar-refractivity contribution in [2.75, 3.05) is 7.11 Å². The third kappa shape index (κ3) is 2.32. The van der Waals surface area contributed by atoms with Crippen LogP contribution in [0.15, 0.2) is 36.7 Å². The Morgan fingerprint density at radius 2 is 2.06 bits per heavy atom. The number of hydrogen-bond acceptors (Lipinski definition) is 3. The number of aryl methyl sites for hydroxylation is 1. The van der Waals surface area contributed by atoms with Crippen LogP contribution in [0, 0.1) is 6.92 Å². The van der Waals surface area contributed by atoms with Crippen molar-refractivity contribution in [2.45, 2.75) is 6.92 Å². The number of ether oxygens (including phenoxy) is 1. The highest BCUT2D eigenvalue weighted by atomic mass is 16.5. The van der Waals surface area contributed by atoms with E-state index in [4.69, 9.17) is 4.74 Å². The van der Waals surface area contributed by atoms with E-state index in [1.54, 1.807) is 37.7 Å². The first kappa shape index (κ1) is 12.1. The molecule has 0 saturated heterocycles. The van der Waals surface area contributed by atoms with E-state index in [1.165, 1.54) is 0 Å². The molecule has 0 unspecified atom stereocenters. The van der Waals surface area contributed by atoms with Crippen molar-refractivity contribution < 1.29 is 14.6 Å². The molecular weight excluding hydrogens is 230 g/mol. The summed E-state index contributed by atoms with van der Waals surface area (Å²) in [6.45, 7) is 1.92. The second-order valence-corrected chi connectivity index (χ2v) is 3.97. The van der Waals surface area contributed by atoms with Gasteiger partial charge in [0.2, 0.25) is 0 Å². The highest BCUT2D eigenvalue weighted by Crippen LogP contribution is 2.27. The Labute approximate surface area is 105 Å². The topological polar surface area (TPSA) is 59.4 Å². The number of aromatic nitrogens is 1. The monoisotopic (exact) mass is 243 g/mol. The molecule has 1 aromatic heterocycles. The quantitative estimate of drug-likeness (QED) is 0.900. The highest BCUT2D eigenvalue weighted by molar-refractivity contribution is 5.96. The second kappa shape index (κ2) is 4.87. The zero-order chi connectivity index (χ0) is 13.1. The Balaban J connectivity index is 2.61. The lowest BCUT2D eigenvalue weighted by molar-refractivity contribution is 0.0697. The molecule has 0 atom stereocenters. The smallest absolute Gasteiger partial charge is 0.336 e. The molecular formula is C14H13NO3. The van der Waals surface area contributed by atoms with Crippen molar-refractivity contribution in [2.24, 2.45) is 0 Å². The predicted octanol–water partition coefficient (Wildman–Crippen LogP) is 2.76. The van der Waals surface area contributed by atoms with Crippen molar-refractivity contribution in [3.63, 3.8) is 0 Å². The normalized spacial score (nSPS) is 10.1. The van der Waals surface area contributed by atoms with Crippen LogP contribution in [0.5, 0.6) is 5.75 Å². The lowest BCUT2D eigenvalue weighted by atomic mass is 9.99. The molecule has 0 fully saturated rings. The zero-order valence-electron chi connectivity index (χ0n) is 10.2. The van der Waals surface area contributed by atoms with Crippen molar-refractivity contribution >= 4 is 5.97 Å². The molecule has 18 heavy (non-hydrogen) atoms. The van der Waals surface area contributed by atoms with Crippen LogP contribution in [0.25, 0.3) is 11.1 Å². The van der Waals surface area contributed by atoms with E-state index in [-0.39, 0.29) is 5.56 Å². The molecule has 1 aromatic carbocycles. The average Bonchev–Trinajstić information content (AvgIpc) is 2.38. The summed E-state index contributed by atoms with van der Waals surface area (Å²) in [5.41, 5.74) is 2.64. The first-order valence-electron chi connectivity index (χ1n) is 5.45. The van der Waals surface area contributed by atoms with Gasteiger partial charge in [-0.05, 0) is 24.6 Å². The number of benzene rings is 1. The molecule has 0 spiro atoms. The fourth-order valence-corrected chi connectivity index (χ4v) is 1.76. The van der Waals surface area contributed by atoms with E-state index in [0.29, 0.717) is 11.3 Å². The third-order valence-electron chi connectivity index (χ3n) is 2.67. The lowest BCUT2D eigenvalue weighted by Gasteiger charge is -2.08. The number of pyridine rings is 1. The van der Waals surface area contributed by atoms with Gasteiger partial charge >= 0.3 is 5.97 Å². The van der Waals surface area contributed by atoms with Gasteiger partial charge < -0.3 is 9.84 Å². The van der Waals surface area contributed by atoms with Crippen LogP contribution in [0.3, 0.4) is 0 Å². The van der Waals surface area contributed by atoms with E-state index in [2.05, 4.69) is 4.98 Å². The number of carboxylic acids is 1. The minimum absolute atomic E-state index is 0.260. The van der Waals surface area contributed by atoms with Crippen molar-refractivity contribution in [1.82, 2.24) is 4.98 Å². The van der Waals surface area contributed by atoms with Gasteiger partial charge in [-0.25, -0.2) is 4.79 Å². The second-order valence-electron chi connectivity index (χ2n) is 3.97. The molecule has 1 heterocycles. The van der Waals surface area contributed by atoms with Crippen LogP contribution < -0.4 is 4.74 Å². The van der Waals surface area contributed by atoms with E-state index >= 15 is 0 Å². The fraction of sp³-hybridized carbons (Fsp3) is 0.143. The number of carboxylic acid groups (broad SMARTS) is 1. The number of aromatic carboxylic acids is 1. The molecule has 0 aliphatic carbocycles. The number of carbonyl (C=O) groups is 1. The summed E-state index contributed by atoms with van der Waals surface area (Å²) >= 11 is 0. The van der Waals surface area contributed by atoms with Gasteiger partial charge in [0, 0.05) is 11.8 Å². The largest absolute Gasteiger partial charge is 0.495 e. The number of hydrogen-bond donors (Lipinski definition) is 1. The van der Waals surface area contributed by atoms with Gasteiger partial charge in [-0.15, -0.1) is 0 Å². The Hall–Kier alpha value is -2.36. The maximum absolute atomic E-state index is 11.2. The summed E-state index contributed by atoms with van der Waals surface area (Å²) in [5.74, 6) is -0.349. The van der Waals surface area contributed by atoms with Gasteiger partial charge in [0.25, 0.3) is 0 Å². The predicted molar refractivity (Wildman–Crippen MR) is 67.9 cm³/mol. The first-order valence-corrected chi connectivity index (χ1v) is 5.45. The van der Waals surface area contributed by atoms with E-state index in [9.17, 15) is 9.90 Å².